The Morgan fingerprint density at radius 1 is 1.47 bits per heavy atom. The van der Waals surface area contributed by atoms with Crippen LogP contribution in [0.1, 0.15) is 15.2 Å². The lowest BCUT2D eigenvalue weighted by Crippen LogP contribution is -2.07. The van der Waals surface area contributed by atoms with Crippen molar-refractivity contribution in [1.82, 2.24) is 0 Å². The zero-order valence-corrected chi connectivity index (χ0v) is 11.2. The Labute approximate surface area is 117 Å². The van der Waals surface area contributed by atoms with Crippen LogP contribution in [0.15, 0.2) is 24.3 Å². The lowest BCUT2D eigenvalue weighted by molar-refractivity contribution is 0.0698. The molecule has 0 atom stereocenters. The Bertz CT molecular complexity index is 630. The first-order valence-corrected chi connectivity index (χ1v) is 6.47. The van der Waals surface area contributed by atoms with Crippen LogP contribution in [0.3, 0.4) is 0 Å². The fraction of sp³-hybridized carbons (Fsp3) is 0.0833. The third kappa shape index (κ3) is 3.15. The average Bonchev–Trinajstić information content (AvgIpc) is 2.73. The van der Waals surface area contributed by atoms with Crippen LogP contribution >= 0.6 is 22.9 Å². The third-order valence-corrected chi connectivity index (χ3v) is 3.68. The summed E-state index contributed by atoms with van der Waals surface area (Å²) in [5.74, 6) is -1.79. The quantitative estimate of drug-likeness (QED) is 0.756. The van der Waals surface area contributed by atoms with Gasteiger partial charge in [0, 0.05) is 17.1 Å². The maximum absolute atomic E-state index is 13.6. The number of aromatic carboxylic acids is 1. The van der Waals surface area contributed by atoms with Gasteiger partial charge >= 0.3 is 5.97 Å². The van der Waals surface area contributed by atoms with Crippen molar-refractivity contribution < 1.29 is 14.3 Å². The molecule has 0 aliphatic heterocycles. The first-order valence-electron chi connectivity index (χ1n) is 5.28. The molecule has 7 heteroatoms. The molecule has 0 amide bonds. The molecule has 2 aromatic rings. The van der Waals surface area contributed by atoms with Gasteiger partial charge < -0.3 is 16.2 Å². The van der Waals surface area contributed by atoms with Crippen molar-refractivity contribution >= 4 is 40.3 Å². The lowest BCUT2D eigenvalue weighted by Gasteiger charge is -2.09. The van der Waals surface area contributed by atoms with Crippen molar-refractivity contribution in [2.75, 3.05) is 11.1 Å². The van der Waals surface area contributed by atoms with Crippen molar-refractivity contribution in [1.29, 1.82) is 0 Å². The molecule has 0 aliphatic carbocycles. The highest BCUT2D eigenvalue weighted by Gasteiger charge is 2.13. The molecular weight excluding hydrogens is 291 g/mol. The van der Waals surface area contributed by atoms with E-state index in [0.29, 0.717) is 10.9 Å². The van der Waals surface area contributed by atoms with Gasteiger partial charge in [0.15, 0.2) is 0 Å². The highest BCUT2D eigenvalue weighted by atomic mass is 35.5. The molecule has 0 unspecified atom stereocenters. The van der Waals surface area contributed by atoms with Gasteiger partial charge in [-0.15, -0.1) is 11.3 Å². The molecule has 4 nitrogen and oxygen atoms in total. The summed E-state index contributed by atoms with van der Waals surface area (Å²) in [6, 6.07) is 5.73. The Kier molecular flexibility index (Phi) is 3.92. The van der Waals surface area contributed by atoms with E-state index in [1.165, 1.54) is 17.4 Å². The second-order valence-corrected chi connectivity index (χ2v) is 5.58. The minimum atomic E-state index is -1.19. The van der Waals surface area contributed by atoms with Crippen LogP contribution in [0.25, 0.3) is 0 Å². The van der Waals surface area contributed by atoms with Crippen molar-refractivity contribution in [3.63, 3.8) is 0 Å². The molecule has 1 heterocycles. The Hall–Kier alpha value is -1.79. The van der Waals surface area contributed by atoms with Gasteiger partial charge in [0.1, 0.15) is 5.82 Å². The van der Waals surface area contributed by atoms with E-state index >= 15 is 0 Å². The van der Waals surface area contributed by atoms with Crippen LogP contribution in [0.5, 0.6) is 0 Å². The van der Waals surface area contributed by atoms with E-state index in [9.17, 15) is 9.18 Å². The number of nitrogen functional groups attached to an aromatic ring is 1. The van der Waals surface area contributed by atoms with Crippen LogP contribution in [0.2, 0.25) is 4.34 Å². The summed E-state index contributed by atoms with van der Waals surface area (Å²) in [7, 11) is 0. The summed E-state index contributed by atoms with van der Waals surface area (Å²) in [4.78, 5) is 11.8. The minimum absolute atomic E-state index is 0.0936. The van der Waals surface area contributed by atoms with E-state index in [0.717, 1.165) is 10.9 Å². The number of anilines is 2. The summed E-state index contributed by atoms with van der Waals surface area (Å²) in [6.45, 7) is 0.358. The van der Waals surface area contributed by atoms with Gasteiger partial charge in [-0.1, -0.05) is 11.6 Å². The fourth-order valence-corrected chi connectivity index (χ4v) is 2.57. The summed E-state index contributed by atoms with van der Waals surface area (Å²) >= 11 is 7.15. The largest absolute Gasteiger partial charge is 0.478 e. The monoisotopic (exact) mass is 300 g/mol. The molecule has 4 N–H and O–H groups in total. The normalized spacial score (nSPS) is 10.4. The Balaban J connectivity index is 2.20. The number of nitrogens with one attached hydrogen (secondary N) is 1. The molecule has 0 spiro atoms. The fourth-order valence-electron chi connectivity index (χ4n) is 1.54. The number of nitrogens with two attached hydrogens (primary N) is 1. The van der Waals surface area contributed by atoms with Crippen LogP contribution in [0, 0.1) is 5.82 Å². The molecule has 0 aliphatic rings. The molecular formula is C12H10ClFN2O2S. The molecule has 0 fully saturated rings. The Morgan fingerprint density at radius 3 is 2.79 bits per heavy atom. The third-order valence-electron chi connectivity index (χ3n) is 2.45. The van der Waals surface area contributed by atoms with Gasteiger partial charge in [-0.25, -0.2) is 9.18 Å². The van der Waals surface area contributed by atoms with E-state index in [2.05, 4.69) is 5.32 Å². The van der Waals surface area contributed by atoms with E-state index in [1.54, 1.807) is 6.07 Å². The predicted molar refractivity (Wildman–Crippen MR) is 74.4 cm³/mol. The number of hydrogen-bond donors (Lipinski definition) is 3. The molecule has 1 aromatic carbocycles. The van der Waals surface area contributed by atoms with Crippen molar-refractivity contribution in [3.8, 4) is 0 Å². The highest BCUT2D eigenvalue weighted by molar-refractivity contribution is 7.16. The summed E-state index contributed by atoms with van der Waals surface area (Å²) in [5.41, 5.74) is 5.30. The first-order chi connectivity index (χ1) is 8.97. The van der Waals surface area contributed by atoms with Gasteiger partial charge in [0.2, 0.25) is 0 Å². The number of rotatable bonds is 4. The summed E-state index contributed by atoms with van der Waals surface area (Å²) < 4.78 is 14.3. The van der Waals surface area contributed by atoms with Gasteiger partial charge in [-0.2, -0.15) is 0 Å². The second kappa shape index (κ2) is 5.46. The number of carboxylic acids is 1. The van der Waals surface area contributed by atoms with E-state index in [-0.39, 0.29) is 16.9 Å². The van der Waals surface area contributed by atoms with Crippen molar-refractivity contribution in [3.05, 3.63) is 44.9 Å². The second-order valence-electron chi connectivity index (χ2n) is 3.78. The zero-order chi connectivity index (χ0) is 14.0. The molecule has 19 heavy (non-hydrogen) atoms. The van der Waals surface area contributed by atoms with Crippen LogP contribution < -0.4 is 11.1 Å². The molecule has 0 bridgehead atoms. The molecule has 0 saturated heterocycles. The van der Waals surface area contributed by atoms with E-state index < -0.39 is 11.8 Å². The van der Waals surface area contributed by atoms with Crippen molar-refractivity contribution in [2.24, 2.45) is 0 Å². The molecule has 0 saturated carbocycles. The summed E-state index contributed by atoms with van der Waals surface area (Å²) in [6.07, 6.45) is 0. The van der Waals surface area contributed by atoms with Gasteiger partial charge in [0.25, 0.3) is 0 Å². The topological polar surface area (TPSA) is 75.3 Å². The molecule has 100 valence electrons. The van der Waals surface area contributed by atoms with Gasteiger partial charge in [0.05, 0.1) is 15.6 Å². The summed E-state index contributed by atoms with van der Waals surface area (Å²) in [5, 5.41) is 11.7. The van der Waals surface area contributed by atoms with Crippen molar-refractivity contribution in [2.45, 2.75) is 6.54 Å². The Morgan fingerprint density at radius 2 is 2.21 bits per heavy atom. The SMILES string of the molecule is Nc1cc(F)c(NCc2ccc(Cl)s2)cc1C(=O)O. The van der Waals surface area contributed by atoms with Crippen LogP contribution in [-0.4, -0.2) is 11.1 Å². The molecule has 1 aromatic heterocycles. The highest BCUT2D eigenvalue weighted by Crippen LogP contribution is 2.25. The predicted octanol–water partition coefficient (Wildman–Crippen LogP) is 3.43. The van der Waals surface area contributed by atoms with E-state index in [4.69, 9.17) is 22.4 Å². The standard InChI is InChI=1S/C12H10ClFN2O2S/c13-11-2-1-6(19-11)5-16-10-3-7(12(17)18)9(15)4-8(10)14/h1-4,16H,5,15H2,(H,17,18). The number of thiophene rings is 1. The maximum atomic E-state index is 13.6. The number of carboxylic acid groups (broad SMARTS) is 1. The number of carbonyl (C=O) groups is 1. The van der Waals surface area contributed by atoms with Crippen LogP contribution in [-0.2, 0) is 6.54 Å². The number of halogens is 2. The zero-order valence-electron chi connectivity index (χ0n) is 9.61. The smallest absolute Gasteiger partial charge is 0.337 e. The van der Waals surface area contributed by atoms with Gasteiger partial charge in [-0.3, -0.25) is 0 Å². The number of hydrogen-bond acceptors (Lipinski definition) is 4. The van der Waals surface area contributed by atoms with E-state index in [1.807, 2.05) is 6.07 Å². The molecule has 2 rings (SSSR count). The molecule has 0 radical (unpaired) electrons. The van der Waals surface area contributed by atoms with Crippen LogP contribution in [0.4, 0.5) is 15.8 Å². The number of benzene rings is 1. The lowest BCUT2D eigenvalue weighted by atomic mass is 10.1. The maximum Gasteiger partial charge on any atom is 0.337 e. The van der Waals surface area contributed by atoms with Gasteiger partial charge in [-0.05, 0) is 24.3 Å². The first kappa shape index (κ1) is 13.6. The average molecular weight is 301 g/mol. The minimum Gasteiger partial charge on any atom is -0.478 e.